The maximum absolute atomic E-state index is 11.8. The van der Waals surface area contributed by atoms with Crippen LogP contribution >= 0.6 is 0 Å². The van der Waals surface area contributed by atoms with Gasteiger partial charge < -0.3 is 11.5 Å². The summed E-state index contributed by atoms with van der Waals surface area (Å²) in [6.07, 6.45) is 1.96. The van der Waals surface area contributed by atoms with Gasteiger partial charge in [-0.25, -0.2) is 0 Å². The van der Waals surface area contributed by atoms with Crippen LogP contribution in [0.15, 0.2) is 4.99 Å². The summed E-state index contributed by atoms with van der Waals surface area (Å²) in [5.74, 6) is -0.0595. The quantitative estimate of drug-likeness (QED) is 0.165. The molecule has 1 aromatic heterocycles. The van der Waals surface area contributed by atoms with Crippen molar-refractivity contribution in [2.75, 3.05) is 12.3 Å². The van der Waals surface area contributed by atoms with E-state index in [4.69, 9.17) is 16.7 Å². The molecule has 0 unspecified atom stereocenters. The summed E-state index contributed by atoms with van der Waals surface area (Å²) >= 11 is 0. The number of nitrogens with one attached hydrogen (secondary N) is 1. The molecule has 0 aliphatic carbocycles. The Morgan fingerprint density at radius 1 is 1.58 bits per heavy atom. The van der Waals surface area contributed by atoms with Crippen molar-refractivity contribution >= 4 is 17.7 Å². The van der Waals surface area contributed by atoms with Gasteiger partial charge in [0, 0.05) is 6.54 Å². The molecule has 0 spiro atoms. The van der Waals surface area contributed by atoms with Crippen molar-refractivity contribution in [3.63, 3.8) is 0 Å². The highest BCUT2D eigenvalue weighted by atomic mass is 16.5. The van der Waals surface area contributed by atoms with E-state index >= 15 is 0 Å². The summed E-state index contributed by atoms with van der Waals surface area (Å²) in [5.41, 5.74) is 13.1. The standard InChI is InChI=1S/C9H18N8O2/c1-6(14-19)12-5-3-2-4-7(10)8(18)17-9(11)13-15-16-17/h7,19H,2-5,10H2,1H3,(H,12,14)(H2,11,13,16)/t7-/m0/s1. The fourth-order valence-corrected chi connectivity index (χ4v) is 1.39. The number of aliphatic imine (C=N–C) groups is 1. The summed E-state index contributed by atoms with van der Waals surface area (Å²) in [4.78, 5) is 15.8. The van der Waals surface area contributed by atoms with Crippen LogP contribution in [0.25, 0.3) is 0 Å². The molecule has 0 fully saturated rings. The number of hydrogen-bond acceptors (Lipinski definition) is 8. The fraction of sp³-hybridized carbons (Fsp3) is 0.667. The van der Waals surface area contributed by atoms with Crippen molar-refractivity contribution in [2.24, 2.45) is 10.7 Å². The Morgan fingerprint density at radius 2 is 2.32 bits per heavy atom. The van der Waals surface area contributed by atoms with Crippen LogP contribution in [0.2, 0.25) is 0 Å². The zero-order valence-corrected chi connectivity index (χ0v) is 10.7. The first-order valence-corrected chi connectivity index (χ1v) is 5.81. The van der Waals surface area contributed by atoms with Gasteiger partial charge in [-0.2, -0.15) is 0 Å². The van der Waals surface area contributed by atoms with Gasteiger partial charge in [0.1, 0.15) is 5.84 Å². The molecule has 0 aliphatic rings. The van der Waals surface area contributed by atoms with Crippen LogP contribution in [0.4, 0.5) is 5.95 Å². The third-order valence-electron chi connectivity index (χ3n) is 2.45. The predicted octanol–water partition coefficient (Wildman–Crippen LogP) is -1.21. The van der Waals surface area contributed by atoms with Crippen molar-refractivity contribution in [1.82, 2.24) is 25.7 Å². The van der Waals surface area contributed by atoms with E-state index in [0.29, 0.717) is 18.8 Å². The largest absolute Gasteiger partial charge is 0.366 e. The third kappa shape index (κ3) is 4.60. The molecule has 0 aliphatic heterocycles. The molecule has 19 heavy (non-hydrogen) atoms. The SMILES string of the molecule is C/C(=N\CCCC[C@H](N)C(=O)n1nnnc1N)NO. The summed E-state index contributed by atoms with van der Waals surface area (Å²) in [6.45, 7) is 2.20. The minimum atomic E-state index is -0.702. The zero-order chi connectivity index (χ0) is 14.3. The van der Waals surface area contributed by atoms with E-state index in [9.17, 15) is 4.79 Å². The minimum absolute atomic E-state index is 0.0744. The van der Waals surface area contributed by atoms with Gasteiger partial charge in [0.05, 0.1) is 6.04 Å². The number of nitrogen functional groups attached to an aromatic ring is 1. The Hall–Kier alpha value is -2.07. The lowest BCUT2D eigenvalue weighted by molar-refractivity contribution is 0.0858. The average molecular weight is 270 g/mol. The summed E-state index contributed by atoms with van der Waals surface area (Å²) in [7, 11) is 0. The molecule has 10 heteroatoms. The smallest absolute Gasteiger partial charge is 0.268 e. The number of amidine groups is 1. The fourth-order valence-electron chi connectivity index (χ4n) is 1.39. The second-order valence-corrected chi connectivity index (χ2v) is 3.97. The molecule has 0 aromatic carbocycles. The zero-order valence-electron chi connectivity index (χ0n) is 10.7. The second-order valence-electron chi connectivity index (χ2n) is 3.97. The number of aromatic nitrogens is 4. The molecule has 6 N–H and O–H groups in total. The minimum Gasteiger partial charge on any atom is -0.366 e. The highest BCUT2D eigenvalue weighted by Crippen LogP contribution is 2.03. The number of anilines is 1. The molecule has 0 bridgehead atoms. The van der Waals surface area contributed by atoms with Crippen molar-refractivity contribution in [1.29, 1.82) is 0 Å². The van der Waals surface area contributed by atoms with Gasteiger partial charge in [-0.3, -0.25) is 20.5 Å². The summed E-state index contributed by atoms with van der Waals surface area (Å²) in [5, 5.41) is 18.7. The highest BCUT2D eigenvalue weighted by molar-refractivity contribution is 5.84. The first-order valence-electron chi connectivity index (χ1n) is 5.81. The molecule has 1 atom stereocenters. The van der Waals surface area contributed by atoms with Crippen molar-refractivity contribution in [3.05, 3.63) is 0 Å². The van der Waals surface area contributed by atoms with Gasteiger partial charge >= 0.3 is 0 Å². The van der Waals surface area contributed by atoms with E-state index in [0.717, 1.165) is 17.5 Å². The van der Waals surface area contributed by atoms with Gasteiger partial charge in [0.2, 0.25) is 5.95 Å². The van der Waals surface area contributed by atoms with Gasteiger partial charge in [-0.15, -0.1) is 4.68 Å². The Balaban J connectivity index is 2.30. The molecular weight excluding hydrogens is 252 g/mol. The first-order chi connectivity index (χ1) is 9.06. The molecule has 0 saturated carbocycles. The van der Waals surface area contributed by atoms with Crippen LogP contribution < -0.4 is 16.9 Å². The van der Waals surface area contributed by atoms with Gasteiger partial charge in [-0.05, 0) is 36.6 Å². The number of nitrogens with zero attached hydrogens (tertiary/aromatic N) is 5. The Labute approximate surface area is 109 Å². The van der Waals surface area contributed by atoms with Gasteiger partial charge in [-0.1, -0.05) is 5.10 Å². The number of nitrogens with two attached hydrogens (primary N) is 2. The number of hydrogen-bond donors (Lipinski definition) is 4. The van der Waals surface area contributed by atoms with Crippen LogP contribution in [0.5, 0.6) is 0 Å². The first kappa shape index (κ1) is 15.0. The number of carbonyl (C=O) groups is 1. The molecule has 0 saturated heterocycles. The van der Waals surface area contributed by atoms with Crippen molar-refractivity contribution in [2.45, 2.75) is 32.2 Å². The van der Waals surface area contributed by atoms with Crippen LogP contribution in [-0.4, -0.2) is 49.7 Å². The van der Waals surface area contributed by atoms with Crippen molar-refractivity contribution < 1.29 is 10.0 Å². The molecule has 0 amide bonds. The van der Waals surface area contributed by atoms with E-state index < -0.39 is 11.9 Å². The topological polar surface area (TPSA) is 157 Å². The Morgan fingerprint density at radius 3 is 2.89 bits per heavy atom. The Bertz CT molecular complexity index is 443. The molecule has 10 nitrogen and oxygen atoms in total. The van der Waals surface area contributed by atoms with Crippen LogP contribution in [0.1, 0.15) is 31.0 Å². The number of tetrazole rings is 1. The lowest BCUT2D eigenvalue weighted by atomic mass is 10.1. The molecule has 1 rings (SSSR count). The van der Waals surface area contributed by atoms with Crippen LogP contribution in [0.3, 0.4) is 0 Å². The number of hydroxylamine groups is 1. The lowest BCUT2D eigenvalue weighted by Crippen LogP contribution is -2.36. The van der Waals surface area contributed by atoms with Crippen LogP contribution in [-0.2, 0) is 0 Å². The Kier molecular flexibility index (Phi) is 5.82. The maximum atomic E-state index is 11.8. The normalized spacial score (nSPS) is 13.3. The molecule has 106 valence electrons. The van der Waals surface area contributed by atoms with Gasteiger partial charge in [0.25, 0.3) is 5.91 Å². The molecule has 1 heterocycles. The summed E-state index contributed by atoms with van der Waals surface area (Å²) < 4.78 is 0.892. The second kappa shape index (κ2) is 7.38. The van der Waals surface area contributed by atoms with E-state index in [1.165, 1.54) is 0 Å². The average Bonchev–Trinajstić information content (AvgIpc) is 2.83. The molecular formula is C9H18N8O2. The maximum Gasteiger partial charge on any atom is 0.268 e. The van der Waals surface area contributed by atoms with E-state index in [2.05, 4.69) is 20.5 Å². The van der Waals surface area contributed by atoms with E-state index in [1.807, 2.05) is 5.48 Å². The summed E-state index contributed by atoms with van der Waals surface area (Å²) in [6, 6.07) is -0.702. The highest BCUT2D eigenvalue weighted by Gasteiger charge is 2.18. The monoisotopic (exact) mass is 270 g/mol. The van der Waals surface area contributed by atoms with Gasteiger partial charge in [0.15, 0.2) is 0 Å². The lowest BCUT2D eigenvalue weighted by Gasteiger charge is -2.09. The third-order valence-corrected chi connectivity index (χ3v) is 2.45. The van der Waals surface area contributed by atoms with E-state index in [1.54, 1.807) is 6.92 Å². The van der Waals surface area contributed by atoms with E-state index in [-0.39, 0.29) is 5.95 Å². The van der Waals surface area contributed by atoms with Crippen molar-refractivity contribution in [3.8, 4) is 0 Å². The number of rotatable bonds is 6. The van der Waals surface area contributed by atoms with Crippen LogP contribution in [0, 0.1) is 0 Å². The molecule has 0 radical (unpaired) electrons. The number of carbonyl (C=O) groups excluding carboxylic acids is 1. The number of unbranched alkanes of at least 4 members (excludes halogenated alkanes) is 1. The predicted molar refractivity (Wildman–Crippen MR) is 67.6 cm³/mol. The molecule has 1 aromatic rings.